The van der Waals surface area contributed by atoms with Crippen molar-refractivity contribution in [1.82, 2.24) is 4.90 Å². The van der Waals surface area contributed by atoms with Crippen LogP contribution in [0.1, 0.15) is 27.9 Å². The molecule has 1 aliphatic heterocycles. The lowest BCUT2D eigenvalue weighted by Gasteiger charge is -2.37. The predicted octanol–water partition coefficient (Wildman–Crippen LogP) is 3.96. The Kier molecular flexibility index (Phi) is 4.19. The Labute approximate surface area is 187 Å². The molecular weight excluding hydrogens is 400 g/mol. The van der Waals surface area contributed by atoms with Gasteiger partial charge in [-0.05, 0) is 67.7 Å². The van der Waals surface area contributed by atoms with Crippen LogP contribution in [0.3, 0.4) is 0 Å². The molecule has 2 aromatic carbocycles. The third kappa shape index (κ3) is 2.73. The highest BCUT2D eigenvalue weighted by Crippen LogP contribution is 2.65. The number of aryl methyl sites for hydroxylation is 2. The smallest absolute Gasteiger partial charge is 0.259 e. The van der Waals surface area contributed by atoms with Gasteiger partial charge >= 0.3 is 0 Å². The van der Waals surface area contributed by atoms with Crippen LogP contribution in [0.2, 0.25) is 0 Å². The van der Waals surface area contributed by atoms with Crippen LogP contribution in [-0.4, -0.2) is 29.3 Å². The fourth-order valence-electron chi connectivity index (χ4n) is 6.39. The fraction of sp³-hybridized carbons (Fsp3) is 0.370. The molecule has 1 saturated heterocycles. The third-order valence-electron chi connectivity index (χ3n) is 7.95. The molecule has 4 aliphatic carbocycles. The second-order valence-corrected chi connectivity index (χ2v) is 9.79. The molecule has 0 unspecified atom stereocenters. The van der Waals surface area contributed by atoms with Gasteiger partial charge in [-0.2, -0.15) is 0 Å². The number of likely N-dealkylation sites (tertiary alicyclic amines) is 1. The van der Waals surface area contributed by atoms with E-state index in [4.69, 9.17) is 0 Å². The summed E-state index contributed by atoms with van der Waals surface area (Å²) in [6.07, 6.45) is 5.48. The Morgan fingerprint density at radius 1 is 0.938 bits per heavy atom. The van der Waals surface area contributed by atoms with Gasteiger partial charge in [-0.1, -0.05) is 48.0 Å². The zero-order chi connectivity index (χ0) is 22.1. The topological polar surface area (TPSA) is 57.7 Å². The van der Waals surface area contributed by atoms with Gasteiger partial charge in [0.1, 0.15) is 6.67 Å². The van der Waals surface area contributed by atoms with Gasteiger partial charge in [0.2, 0.25) is 11.8 Å². The lowest BCUT2D eigenvalue weighted by Crippen LogP contribution is -2.45. The maximum Gasteiger partial charge on any atom is 0.259 e. The van der Waals surface area contributed by atoms with Crippen molar-refractivity contribution in [3.63, 3.8) is 0 Å². The van der Waals surface area contributed by atoms with Gasteiger partial charge in [-0.25, -0.2) is 0 Å². The first-order chi connectivity index (χ1) is 15.5. The molecule has 2 aromatic rings. The highest BCUT2D eigenvalue weighted by Gasteiger charge is 2.67. The van der Waals surface area contributed by atoms with Gasteiger partial charge in [-0.15, -0.1) is 0 Å². The molecule has 2 bridgehead atoms. The van der Waals surface area contributed by atoms with Crippen molar-refractivity contribution >= 4 is 23.4 Å². The second kappa shape index (κ2) is 6.89. The van der Waals surface area contributed by atoms with E-state index in [0.29, 0.717) is 17.4 Å². The summed E-state index contributed by atoms with van der Waals surface area (Å²) in [7, 11) is 0. The van der Waals surface area contributed by atoms with Crippen LogP contribution < -0.4 is 4.90 Å². The minimum absolute atomic E-state index is 0.0446. The molecular formula is C27H26N2O3. The summed E-state index contributed by atoms with van der Waals surface area (Å²) in [5.41, 5.74) is 3.30. The molecule has 162 valence electrons. The van der Waals surface area contributed by atoms with Gasteiger partial charge < -0.3 is 0 Å². The number of allylic oxidation sites excluding steroid dienone is 2. The maximum atomic E-state index is 13.6. The third-order valence-corrected chi connectivity index (χ3v) is 7.95. The molecule has 0 aromatic heterocycles. The van der Waals surface area contributed by atoms with Gasteiger partial charge in [0.25, 0.3) is 5.91 Å². The summed E-state index contributed by atoms with van der Waals surface area (Å²) in [6, 6.07) is 14.9. The van der Waals surface area contributed by atoms with Gasteiger partial charge in [0.15, 0.2) is 0 Å². The average molecular weight is 427 g/mol. The summed E-state index contributed by atoms with van der Waals surface area (Å²) < 4.78 is 0. The first-order valence-corrected chi connectivity index (χ1v) is 11.4. The summed E-state index contributed by atoms with van der Waals surface area (Å²) in [5, 5.41) is 0. The second-order valence-electron chi connectivity index (χ2n) is 9.79. The minimum atomic E-state index is -0.256. The Morgan fingerprint density at radius 3 is 2.16 bits per heavy atom. The number of amides is 3. The van der Waals surface area contributed by atoms with Crippen LogP contribution in [0, 0.1) is 49.4 Å². The van der Waals surface area contributed by atoms with Crippen molar-refractivity contribution in [3.05, 3.63) is 77.4 Å². The van der Waals surface area contributed by atoms with E-state index in [1.54, 1.807) is 17.0 Å². The van der Waals surface area contributed by atoms with Crippen LogP contribution in [-0.2, 0) is 9.59 Å². The summed E-state index contributed by atoms with van der Waals surface area (Å²) in [5.74, 6) is 0.529. The molecule has 5 nitrogen and oxygen atoms in total. The molecule has 1 heterocycles. The van der Waals surface area contributed by atoms with Crippen LogP contribution in [0.15, 0.2) is 60.7 Å². The van der Waals surface area contributed by atoms with E-state index >= 15 is 0 Å². The van der Waals surface area contributed by atoms with E-state index in [0.717, 1.165) is 23.2 Å². The van der Waals surface area contributed by atoms with E-state index < -0.39 is 0 Å². The normalized spacial score (nSPS) is 31.5. The first kappa shape index (κ1) is 19.5. The van der Waals surface area contributed by atoms with E-state index in [-0.39, 0.29) is 48.1 Å². The lowest BCUT2D eigenvalue weighted by atomic mass is 9.63. The first-order valence-electron chi connectivity index (χ1n) is 11.4. The summed E-state index contributed by atoms with van der Waals surface area (Å²) in [6.45, 7) is 3.92. The molecule has 0 spiro atoms. The van der Waals surface area contributed by atoms with Crippen molar-refractivity contribution in [2.75, 3.05) is 11.6 Å². The Hall–Kier alpha value is -3.21. The summed E-state index contributed by atoms with van der Waals surface area (Å²) in [4.78, 5) is 43.5. The predicted molar refractivity (Wildman–Crippen MR) is 121 cm³/mol. The number of imide groups is 1. The van der Waals surface area contributed by atoms with Crippen LogP contribution in [0.5, 0.6) is 0 Å². The quantitative estimate of drug-likeness (QED) is 0.549. The Bertz CT molecular complexity index is 1130. The number of nitrogens with zero attached hydrogens (tertiary/aromatic N) is 2. The van der Waals surface area contributed by atoms with E-state index in [9.17, 15) is 14.4 Å². The molecule has 0 radical (unpaired) electrons. The van der Waals surface area contributed by atoms with Crippen molar-refractivity contribution in [2.45, 2.75) is 20.3 Å². The number of hydrogen-bond acceptors (Lipinski definition) is 3. The number of rotatable bonds is 4. The molecule has 5 heteroatoms. The molecule has 7 rings (SSSR count). The number of anilines is 1. The van der Waals surface area contributed by atoms with Crippen molar-refractivity contribution in [3.8, 4) is 0 Å². The van der Waals surface area contributed by atoms with E-state index in [1.165, 1.54) is 4.90 Å². The lowest BCUT2D eigenvalue weighted by molar-refractivity contribution is -0.140. The van der Waals surface area contributed by atoms with Gasteiger partial charge in [-0.3, -0.25) is 24.2 Å². The monoisotopic (exact) mass is 426 g/mol. The van der Waals surface area contributed by atoms with Crippen molar-refractivity contribution < 1.29 is 14.4 Å². The average Bonchev–Trinajstić information content (AvgIpc) is 3.58. The molecule has 3 fully saturated rings. The molecule has 5 aliphatic rings. The van der Waals surface area contributed by atoms with E-state index in [2.05, 4.69) is 12.2 Å². The molecule has 6 atom stereocenters. The number of carbonyl (C=O) groups excluding carboxylic acids is 3. The standard InChI is InChI=1S/C27H26N2O3/c1-15-8-11-22(16(2)12-15)28(25(30)17-6-4-3-5-7-17)14-29-26(31)23-18-9-10-19(21-13-20(18)21)24(23)27(29)32/h3-12,18-21,23-24H,13-14H2,1-2H3/t18-,19+,20-,21-,23+,24-/m1/s1. The van der Waals surface area contributed by atoms with Crippen molar-refractivity contribution in [1.29, 1.82) is 0 Å². The minimum Gasteiger partial charge on any atom is -0.289 e. The van der Waals surface area contributed by atoms with Crippen LogP contribution >= 0.6 is 0 Å². The number of benzene rings is 2. The zero-order valence-corrected chi connectivity index (χ0v) is 18.3. The largest absolute Gasteiger partial charge is 0.289 e. The van der Waals surface area contributed by atoms with Gasteiger partial charge in [0, 0.05) is 11.3 Å². The van der Waals surface area contributed by atoms with Crippen molar-refractivity contribution in [2.24, 2.45) is 35.5 Å². The molecule has 3 amide bonds. The molecule has 0 N–H and O–H groups in total. The fourth-order valence-corrected chi connectivity index (χ4v) is 6.39. The number of carbonyl (C=O) groups is 3. The SMILES string of the molecule is Cc1ccc(N(CN2C(=O)[C@@H]3[C@H]4C=C[C@H]([C@H]5C[C@H]45)[C@@H]3C2=O)C(=O)c2ccccc2)c(C)c1. The Balaban J connectivity index is 1.36. The zero-order valence-electron chi connectivity index (χ0n) is 18.3. The highest BCUT2D eigenvalue weighted by atomic mass is 16.2. The van der Waals surface area contributed by atoms with Crippen LogP contribution in [0.25, 0.3) is 0 Å². The maximum absolute atomic E-state index is 13.6. The van der Waals surface area contributed by atoms with E-state index in [1.807, 2.05) is 50.2 Å². The molecule has 32 heavy (non-hydrogen) atoms. The molecule has 2 saturated carbocycles. The Morgan fingerprint density at radius 2 is 1.56 bits per heavy atom. The van der Waals surface area contributed by atoms with Gasteiger partial charge in [0.05, 0.1) is 11.8 Å². The number of hydrogen-bond donors (Lipinski definition) is 0. The summed E-state index contributed by atoms with van der Waals surface area (Å²) >= 11 is 0. The van der Waals surface area contributed by atoms with Crippen LogP contribution in [0.4, 0.5) is 5.69 Å². The highest BCUT2D eigenvalue weighted by molar-refractivity contribution is 6.10.